The lowest BCUT2D eigenvalue weighted by atomic mass is 9.92. The Labute approximate surface area is 330 Å². The first-order valence-electron chi connectivity index (χ1n) is 18.3. The topological polar surface area (TPSA) is 292 Å². The van der Waals surface area contributed by atoms with Gasteiger partial charge in [0, 0.05) is 17.1 Å². The molecule has 320 valence electrons. The highest BCUT2D eigenvalue weighted by atomic mass is 16.7. The Hall–Kier alpha value is -3.44. The van der Waals surface area contributed by atoms with Crippen molar-refractivity contribution in [2.45, 2.75) is 121 Å². The van der Waals surface area contributed by atoms with Crippen LogP contribution in [-0.2, 0) is 38.0 Å². The van der Waals surface area contributed by atoms with E-state index in [9.17, 15) is 60.7 Å². The van der Waals surface area contributed by atoms with Crippen LogP contribution in [0.4, 0.5) is 0 Å². The molecule has 10 N–H and O–H groups in total. The largest absolute Gasteiger partial charge is 0.432 e. The van der Waals surface area contributed by atoms with Crippen molar-refractivity contribution in [1.29, 1.82) is 0 Å². The second-order valence-electron chi connectivity index (χ2n) is 14.0. The van der Waals surface area contributed by atoms with E-state index in [0.717, 1.165) is 11.1 Å². The monoisotopic (exact) mass is 812 g/mol. The molecule has 3 heterocycles. The van der Waals surface area contributed by atoms with Crippen LogP contribution in [0, 0.1) is 5.92 Å². The van der Waals surface area contributed by atoms with Crippen molar-refractivity contribution in [3.8, 4) is 0 Å². The Balaban J connectivity index is 1.48. The van der Waals surface area contributed by atoms with E-state index in [1.165, 1.54) is 32.9 Å². The average Bonchev–Trinajstić information content (AvgIpc) is 3.18. The molecule has 0 aromatic heterocycles. The van der Waals surface area contributed by atoms with Gasteiger partial charge in [0.05, 0.1) is 25.9 Å². The summed E-state index contributed by atoms with van der Waals surface area (Å²) >= 11 is 0. The average molecular weight is 813 g/mol. The van der Waals surface area contributed by atoms with Crippen LogP contribution in [0.3, 0.4) is 0 Å². The van der Waals surface area contributed by atoms with Crippen molar-refractivity contribution in [2.75, 3.05) is 19.8 Å². The Kier molecular flexibility index (Phi) is 19.0. The Morgan fingerprint density at radius 3 is 1.39 bits per heavy atom. The van der Waals surface area contributed by atoms with Gasteiger partial charge in [0.1, 0.15) is 61.0 Å². The number of carbonyl (C=O) groups excluding carboxylic acids is 2. The van der Waals surface area contributed by atoms with Gasteiger partial charge in [0.25, 0.3) is 0 Å². The number of hydrogen-bond donors (Lipinski definition) is 10. The van der Waals surface area contributed by atoms with Crippen molar-refractivity contribution in [2.24, 2.45) is 5.92 Å². The maximum absolute atomic E-state index is 12.9. The van der Waals surface area contributed by atoms with E-state index in [-0.39, 0.29) is 11.1 Å². The fourth-order valence-corrected chi connectivity index (χ4v) is 5.65. The molecule has 3 fully saturated rings. The second kappa shape index (κ2) is 22.6. The number of carbonyl (C=O) groups is 2. The van der Waals surface area contributed by atoms with E-state index in [1.54, 1.807) is 36.5 Å². The summed E-state index contributed by atoms with van der Waals surface area (Å²) in [5, 5.41) is 99.8. The quantitative estimate of drug-likeness (QED) is 0.0497. The van der Waals surface area contributed by atoms with E-state index in [2.05, 4.69) is 0 Å². The first kappa shape index (κ1) is 47.9. The number of ether oxygens (including phenoxy) is 6. The van der Waals surface area contributed by atoms with Crippen LogP contribution < -0.4 is 0 Å². The van der Waals surface area contributed by atoms with Crippen molar-refractivity contribution in [1.82, 2.24) is 0 Å². The van der Waals surface area contributed by atoms with Crippen LogP contribution in [0.2, 0.25) is 0 Å². The highest BCUT2D eigenvalue weighted by Gasteiger charge is 2.48. The van der Waals surface area contributed by atoms with Gasteiger partial charge in [-0.25, -0.2) is 9.59 Å². The van der Waals surface area contributed by atoms with E-state index in [1.807, 2.05) is 26.0 Å². The molecule has 57 heavy (non-hydrogen) atoms. The molecule has 18 nitrogen and oxygen atoms in total. The fraction of sp³-hybridized carbons (Fsp3) is 0.590. The predicted molar refractivity (Wildman–Crippen MR) is 198 cm³/mol. The third-order valence-corrected chi connectivity index (χ3v) is 9.46. The van der Waals surface area contributed by atoms with Gasteiger partial charge in [-0.2, -0.15) is 0 Å². The van der Waals surface area contributed by atoms with E-state index >= 15 is 0 Å². The minimum Gasteiger partial charge on any atom is -0.432 e. The van der Waals surface area contributed by atoms with E-state index in [0.29, 0.717) is 0 Å². The number of hydrogen-bond acceptors (Lipinski definition) is 18. The number of aliphatic hydroxyl groups is 10. The van der Waals surface area contributed by atoms with Crippen molar-refractivity contribution in [3.05, 3.63) is 83.1 Å². The summed E-state index contributed by atoms with van der Waals surface area (Å²) < 4.78 is 32.2. The van der Waals surface area contributed by atoms with Crippen molar-refractivity contribution >= 4 is 11.9 Å². The Morgan fingerprint density at radius 2 is 0.912 bits per heavy atom. The van der Waals surface area contributed by atoms with Crippen LogP contribution in [0.5, 0.6) is 0 Å². The van der Waals surface area contributed by atoms with Crippen LogP contribution in [0.15, 0.2) is 83.1 Å². The van der Waals surface area contributed by atoms with Gasteiger partial charge >= 0.3 is 11.9 Å². The Morgan fingerprint density at radius 1 is 0.509 bits per heavy atom. The normalized spacial score (nSPS) is 37.6. The summed E-state index contributed by atoms with van der Waals surface area (Å²) in [5.74, 6) is -2.41. The molecule has 0 aromatic rings. The summed E-state index contributed by atoms with van der Waals surface area (Å²) in [6.07, 6.45) is -3.82. The highest BCUT2D eigenvalue weighted by Crippen LogP contribution is 2.29. The lowest BCUT2D eigenvalue weighted by molar-refractivity contribution is -0.321. The minimum atomic E-state index is -1.70. The molecule has 0 aliphatic carbocycles. The molecule has 3 aliphatic heterocycles. The minimum absolute atomic E-state index is 0.164. The lowest BCUT2D eigenvalue weighted by Crippen LogP contribution is -2.60. The number of rotatable bonds is 15. The molecule has 0 aromatic carbocycles. The van der Waals surface area contributed by atoms with Gasteiger partial charge in [0.15, 0.2) is 6.29 Å². The van der Waals surface area contributed by atoms with Crippen LogP contribution in [-0.4, -0.2) is 169 Å². The molecule has 3 aliphatic rings. The SMILES string of the molecule is CC(=C/C=C/C=C(C)/C=C/C=C(\C)C(=O)O[C@@H]1OC(CO[C@@H]2OC(CO)[C@@H](O)[C@H](O)C2O)[C@@H](O)[C@H](O)C1C)/C=C/C=C(\C)C(=O)O[C@@H]1OC(CO)[C@@H](O)[C@H](O)C1O. The smallest absolute Gasteiger partial charge is 0.336 e. The molecule has 15 atom stereocenters. The third kappa shape index (κ3) is 13.3. The van der Waals surface area contributed by atoms with Gasteiger partial charge in [-0.15, -0.1) is 0 Å². The second-order valence-corrected chi connectivity index (χ2v) is 14.0. The van der Waals surface area contributed by atoms with E-state index < -0.39 is 124 Å². The number of aliphatic hydroxyl groups excluding tert-OH is 10. The predicted octanol–water partition coefficient (Wildman–Crippen LogP) is -1.77. The number of allylic oxidation sites excluding steroid dienone is 12. The third-order valence-electron chi connectivity index (χ3n) is 9.46. The molecule has 0 saturated carbocycles. The summed E-state index contributed by atoms with van der Waals surface area (Å²) in [4.78, 5) is 25.3. The first-order chi connectivity index (χ1) is 26.9. The highest BCUT2D eigenvalue weighted by molar-refractivity contribution is 5.88. The summed E-state index contributed by atoms with van der Waals surface area (Å²) in [6, 6.07) is 0. The lowest BCUT2D eigenvalue weighted by Gasteiger charge is -2.43. The summed E-state index contributed by atoms with van der Waals surface area (Å²) in [6.45, 7) is 6.40. The van der Waals surface area contributed by atoms with Gasteiger partial charge in [-0.3, -0.25) is 0 Å². The van der Waals surface area contributed by atoms with Crippen molar-refractivity contribution in [3.63, 3.8) is 0 Å². The molecule has 0 radical (unpaired) electrons. The van der Waals surface area contributed by atoms with Gasteiger partial charge in [0.2, 0.25) is 12.6 Å². The van der Waals surface area contributed by atoms with Crippen LogP contribution >= 0.6 is 0 Å². The molecule has 3 saturated heterocycles. The molecule has 0 spiro atoms. The fourth-order valence-electron chi connectivity index (χ4n) is 5.65. The van der Waals surface area contributed by atoms with Crippen LogP contribution in [0.1, 0.15) is 34.6 Å². The maximum atomic E-state index is 12.9. The van der Waals surface area contributed by atoms with Gasteiger partial charge in [-0.1, -0.05) is 78.8 Å². The maximum Gasteiger partial charge on any atom is 0.336 e. The molecule has 6 unspecified atom stereocenters. The van der Waals surface area contributed by atoms with Crippen molar-refractivity contribution < 1.29 is 89.1 Å². The summed E-state index contributed by atoms with van der Waals surface area (Å²) in [7, 11) is 0. The number of esters is 2. The van der Waals surface area contributed by atoms with Crippen LogP contribution in [0.25, 0.3) is 0 Å². The molecule has 3 rings (SSSR count). The zero-order valence-corrected chi connectivity index (χ0v) is 32.3. The molecular weight excluding hydrogens is 756 g/mol. The summed E-state index contributed by atoms with van der Waals surface area (Å²) in [5.41, 5.74) is 2.04. The zero-order chi connectivity index (χ0) is 42.6. The molecule has 18 heteroatoms. The van der Waals surface area contributed by atoms with Gasteiger partial charge in [-0.05, 0) is 27.7 Å². The zero-order valence-electron chi connectivity index (χ0n) is 32.3. The molecule has 0 amide bonds. The molecule has 0 bridgehead atoms. The molecular formula is C39H56O18. The van der Waals surface area contributed by atoms with Gasteiger partial charge < -0.3 is 79.5 Å². The Bertz CT molecular complexity index is 1540. The van der Waals surface area contributed by atoms with E-state index in [4.69, 9.17) is 28.4 Å². The standard InChI is InChI=1S/C39H56O18/c1-19(10-6-7-11-20(2)13-9-15-22(4)36(51)57-39-34(49)32(47)29(44)25(17-41)54-39)12-8-14-21(3)35(50)56-37-23(5)27(42)30(45)26(55-37)18-52-38-33(48)31(46)28(43)24(16-40)53-38/h6-15,23-34,37-49H,16-18H2,1-5H3/b7-6+,12-8+,13-9+,19-10+,20-11-,21-14+,22-15+/t23?,24?,25?,26?,27-,28-,29-,30-,31+,32+,33?,34?,37+,38-,39+/m1/s1. The first-order valence-corrected chi connectivity index (χ1v) is 18.3.